The number of piperidine rings is 1. The van der Waals surface area contributed by atoms with Crippen molar-refractivity contribution >= 4 is 23.2 Å². The van der Waals surface area contributed by atoms with E-state index in [1.165, 1.54) is 11.3 Å². The Hall–Kier alpha value is -1.84. The Morgan fingerprint density at radius 3 is 2.71 bits per heavy atom. The molecule has 5 nitrogen and oxygen atoms in total. The molecule has 112 valence electrons. The van der Waals surface area contributed by atoms with E-state index in [1.54, 1.807) is 0 Å². The van der Waals surface area contributed by atoms with Crippen molar-refractivity contribution < 1.29 is 9.59 Å². The fourth-order valence-corrected chi connectivity index (χ4v) is 3.21. The summed E-state index contributed by atoms with van der Waals surface area (Å²) in [5.41, 5.74) is 11.2. The Bertz CT molecular complexity index is 577. The molecule has 0 radical (unpaired) electrons. The minimum Gasteiger partial charge on any atom is -0.370 e. The summed E-state index contributed by atoms with van der Waals surface area (Å²) in [4.78, 5) is 26.0. The first-order valence-corrected chi connectivity index (χ1v) is 7.83. The minimum absolute atomic E-state index is 0.0320. The van der Waals surface area contributed by atoms with Gasteiger partial charge in [0.05, 0.1) is 17.0 Å². The molecule has 6 heteroatoms. The molecule has 1 aliphatic rings. The van der Waals surface area contributed by atoms with Crippen molar-refractivity contribution in [1.82, 2.24) is 4.90 Å². The molecule has 4 N–H and O–H groups in total. The zero-order valence-corrected chi connectivity index (χ0v) is 12.6. The van der Waals surface area contributed by atoms with E-state index in [-0.39, 0.29) is 11.8 Å². The zero-order chi connectivity index (χ0) is 15.2. The third-order valence-electron chi connectivity index (χ3n) is 3.55. The van der Waals surface area contributed by atoms with Gasteiger partial charge in [0.2, 0.25) is 5.91 Å². The molecule has 2 rings (SSSR count). The predicted molar refractivity (Wildman–Crippen MR) is 82.7 cm³/mol. The molecule has 0 unspecified atom stereocenters. The van der Waals surface area contributed by atoms with E-state index in [0.29, 0.717) is 37.5 Å². The molecule has 0 atom stereocenters. The number of amides is 2. The number of hydrogen-bond donors (Lipinski definition) is 2. The molecule has 0 aromatic carbocycles. The van der Waals surface area contributed by atoms with Crippen molar-refractivity contribution in [3.8, 4) is 11.8 Å². The lowest BCUT2D eigenvalue weighted by Gasteiger charge is -2.31. The number of thiophene rings is 1. The monoisotopic (exact) mass is 305 g/mol. The first-order chi connectivity index (χ1) is 10.1. The van der Waals surface area contributed by atoms with Crippen LogP contribution in [0.3, 0.4) is 0 Å². The second kappa shape index (κ2) is 7.25. The van der Waals surface area contributed by atoms with Crippen LogP contribution in [0.5, 0.6) is 0 Å². The van der Waals surface area contributed by atoms with Crippen molar-refractivity contribution in [3.05, 3.63) is 21.9 Å². The normalized spacial score (nSPS) is 15.4. The Kier molecular flexibility index (Phi) is 5.37. The van der Waals surface area contributed by atoms with E-state index >= 15 is 0 Å². The summed E-state index contributed by atoms with van der Waals surface area (Å²) in [6.45, 7) is 1.67. The standard InChI is InChI=1S/C15H19N3O2S/c16-5-1-2-13-9-12(10-21-13)15(20)18-6-3-11(4-7-18)8-14(17)19/h9-11H,3-8,16H2,(H2,17,19). The molecule has 0 bridgehead atoms. The number of carbonyl (C=O) groups excluding carboxylic acids is 2. The maximum Gasteiger partial charge on any atom is 0.254 e. The van der Waals surface area contributed by atoms with Gasteiger partial charge in [-0.3, -0.25) is 9.59 Å². The molecular formula is C15H19N3O2S. The van der Waals surface area contributed by atoms with Crippen molar-refractivity contribution in [1.29, 1.82) is 0 Å². The van der Waals surface area contributed by atoms with Crippen LogP contribution in [-0.4, -0.2) is 36.3 Å². The van der Waals surface area contributed by atoms with Crippen LogP contribution in [0.25, 0.3) is 0 Å². The Balaban J connectivity index is 1.92. The molecule has 2 heterocycles. The molecule has 21 heavy (non-hydrogen) atoms. The summed E-state index contributed by atoms with van der Waals surface area (Å²) in [6, 6.07) is 1.81. The van der Waals surface area contributed by atoms with Crippen molar-refractivity contribution in [2.75, 3.05) is 19.6 Å². The lowest BCUT2D eigenvalue weighted by atomic mass is 9.93. The summed E-state index contributed by atoms with van der Waals surface area (Å²) >= 11 is 1.45. The molecule has 1 saturated heterocycles. The van der Waals surface area contributed by atoms with Crippen LogP contribution in [0.2, 0.25) is 0 Å². The maximum atomic E-state index is 12.4. The molecule has 1 fully saturated rings. The quantitative estimate of drug-likeness (QED) is 0.809. The lowest BCUT2D eigenvalue weighted by molar-refractivity contribution is -0.119. The molecule has 1 aliphatic heterocycles. The van der Waals surface area contributed by atoms with Crippen LogP contribution >= 0.6 is 11.3 Å². The highest BCUT2D eigenvalue weighted by Crippen LogP contribution is 2.23. The van der Waals surface area contributed by atoms with Gasteiger partial charge in [0.1, 0.15) is 0 Å². The average molecular weight is 305 g/mol. The molecule has 1 aromatic heterocycles. The fourth-order valence-electron chi connectivity index (χ4n) is 2.46. The molecular weight excluding hydrogens is 286 g/mol. The molecule has 1 aromatic rings. The van der Waals surface area contributed by atoms with Crippen molar-refractivity contribution in [3.63, 3.8) is 0 Å². The Morgan fingerprint density at radius 2 is 2.10 bits per heavy atom. The number of primary amides is 1. The van der Waals surface area contributed by atoms with Crippen molar-refractivity contribution in [2.45, 2.75) is 19.3 Å². The first kappa shape index (κ1) is 15.5. The number of nitrogens with two attached hydrogens (primary N) is 2. The Labute approximate surface area is 128 Å². The van der Waals surface area contributed by atoms with E-state index in [0.717, 1.165) is 17.7 Å². The van der Waals surface area contributed by atoms with Crippen LogP contribution < -0.4 is 11.5 Å². The van der Waals surface area contributed by atoms with Crippen molar-refractivity contribution in [2.24, 2.45) is 17.4 Å². The van der Waals surface area contributed by atoms with Crippen LogP contribution in [0.1, 0.15) is 34.5 Å². The van der Waals surface area contributed by atoms with Gasteiger partial charge in [0, 0.05) is 24.9 Å². The van der Waals surface area contributed by atoms with E-state index in [2.05, 4.69) is 11.8 Å². The van der Waals surface area contributed by atoms with Crippen LogP contribution in [-0.2, 0) is 4.79 Å². The fraction of sp³-hybridized carbons (Fsp3) is 0.467. The van der Waals surface area contributed by atoms with E-state index in [1.807, 2.05) is 16.3 Å². The van der Waals surface area contributed by atoms with Gasteiger partial charge in [0.25, 0.3) is 5.91 Å². The minimum atomic E-state index is -0.263. The second-order valence-electron chi connectivity index (χ2n) is 5.11. The molecule has 0 aliphatic carbocycles. The third-order valence-corrected chi connectivity index (χ3v) is 4.40. The number of hydrogen-bond acceptors (Lipinski definition) is 4. The highest BCUT2D eigenvalue weighted by molar-refractivity contribution is 7.10. The third kappa shape index (κ3) is 4.31. The van der Waals surface area contributed by atoms with Gasteiger partial charge in [-0.15, -0.1) is 11.3 Å². The van der Waals surface area contributed by atoms with E-state index in [9.17, 15) is 9.59 Å². The zero-order valence-electron chi connectivity index (χ0n) is 11.8. The van der Waals surface area contributed by atoms with Gasteiger partial charge in [-0.2, -0.15) is 0 Å². The van der Waals surface area contributed by atoms with Gasteiger partial charge in [-0.1, -0.05) is 11.8 Å². The van der Waals surface area contributed by atoms with Gasteiger partial charge in [-0.25, -0.2) is 0 Å². The van der Waals surface area contributed by atoms with Gasteiger partial charge < -0.3 is 16.4 Å². The Morgan fingerprint density at radius 1 is 1.38 bits per heavy atom. The predicted octanol–water partition coefficient (Wildman–Crippen LogP) is 0.786. The highest BCUT2D eigenvalue weighted by Gasteiger charge is 2.24. The smallest absolute Gasteiger partial charge is 0.254 e. The number of rotatable bonds is 3. The average Bonchev–Trinajstić information content (AvgIpc) is 2.93. The summed E-state index contributed by atoms with van der Waals surface area (Å²) in [7, 11) is 0. The number of nitrogens with zero attached hydrogens (tertiary/aromatic N) is 1. The lowest BCUT2D eigenvalue weighted by Crippen LogP contribution is -2.39. The molecule has 0 spiro atoms. The van der Waals surface area contributed by atoms with Gasteiger partial charge >= 0.3 is 0 Å². The molecule has 0 saturated carbocycles. The van der Waals surface area contributed by atoms with E-state index in [4.69, 9.17) is 11.5 Å². The first-order valence-electron chi connectivity index (χ1n) is 6.95. The van der Waals surface area contributed by atoms with Crippen LogP contribution in [0, 0.1) is 17.8 Å². The number of likely N-dealkylation sites (tertiary alicyclic amines) is 1. The number of carbonyl (C=O) groups is 2. The van der Waals surface area contributed by atoms with Crippen LogP contribution in [0.15, 0.2) is 11.4 Å². The van der Waals surface area contributed by atoms with E-state index < -0.39 is 0 Å². The summed E-state index contributed by atoms with van der Waals surface area (Å²) in [6.07, 6.45) is 2.08. The topological polar surface area (TPSA) is 89.4 Å². The highest BCUT2D eigenvalue weighted by atomic mass is 32.1. The summed E-state index contributed by atoms with van der Waals surface area (Å²) < 4.78 is 0. The second-order valence-corrected chi connectivity index (χ2v) is 6.02. The largest absolute Gasteiger partial charge is 0.370 e. The SMILES string of the molecule is NCC#Cc1cc(C(=O)N2CCC(CC(N)=O)CC2)cs1. The van der Waals surface area contributed by atoms with Gasteiger partial charge in [-0.05, 0) is 24.8 Å². The summed E-state index contributed by atoms with van der Waals surface area (Å²) in [5.74, 6) is 5.79. The van der Waals surface area contributed by atoms with Gasteiger partial charge in [0.15, 0.2) is 0 Å². The maximum absolute atomic E-state index is 12.4. The molecule has 2 amide bonds. The summed E-state index contributed by atoms with van der Waals surface area (Å²) in [5, 5.41) is 1.83. The van der Waals surface area contributed by atoms with Crippen LogP contribution in [0.4, 0.5) is 0 Å².